The van der Waals surface area contributed by atoms with Crippen molar-refractivity contribution in [2.45, 2.75) is 37.1 Å². The molecule has 0 aliphatic carbocycles. The Balaban J connectivity index is 0.00000261. The summed E-state index contributed by atoms with van der Waals surface area (Å²) in [4.78, 5) is 1.18. The molecule has 27 heavy (non-hydrogen) atoms. The zero-order valence-corrected chi connectivity index (χ0v) is 17.1. The van der Waals surface area contributed by atoms with Crippen molar-refractivity contribution in [2.24, 2.45) is 0 Å². The third-order valence-electron chi connectivity index (χ3n) is 4.66. The lowest BCUT2D eigenvalue weighted by atomic mass is 9.98. The van der Waals surface area contributed by atoms with Crippen molar-refractivity contribution in [1.82, 2.24) is 5.32 Å². The highest BCUT2D eigenvalue weighted by atomic mass is 35.5. The van der Waals surface area contributed by atoms with Gasteiger partial charge >= 0.3 is 0 Å². The van der Waals surface area contributed by atoms with Crippen molar-refractivity contribution < 1.29 is 15.3 Å². The number of hydrogen-bond donors (Lipinski definition) is 4. The number of thioether (sulfide) groups is 1. The van der Waals surface area contributed by atoms with Crippen LogP contribution in [-0.2, 0) is 6.54 Å². The van der Waals surface area contributed by atoms with E-state index in [2.05, 4.69) is 35.6 Å². The largest absolute Gasteiger partial charge is 0.396 e. The fourth-order valence-electron chi connectivity index (χ4n) is 2.98. The predicted molar refractivity (Wildman–Crippen MR) is 116 cm³/mol. The number of aliphatic hydroxyl groups is 3. The van der Waals surface area contributed by atoms with Gasteiger partial charge < -0.3 is 20.6 Å². The molecule has 3 rings (SSSR count). The Labute approximate surface area is 170 Å². The Hall–Kier alpha value is -1.34. The summed E-state index contributed by atoms with van der Waals surface area (Å²) >= 11 is 1.67. The maximum Gasteiger partial charge on any atom is 0.169 e. The van der Waals surface area contributed by atoms with Crippen molar-refractivity contribution in [3.63, 3.8) is 0 Å². The minimum atomic E-state index is -1.44. The van der Waals surface area contributed by atoms with Crippen LogP contribution in [0.15, 0.2) is 53.4 Å². The van der Waals surface area contributed by atoms with Crippen LogP contribution >= 0.6 is 24.2 Å². The number of halogens is 1. The molecule has 3 aromatic carbocycles. The lowest BCUT2D eigenvalue weighted by Gasteiger charge is -2.28. The third kappa shape index (κ3) is 4.74. The minimum absolute atomic E-state index is 0. The average molecular weight is 408 g/mol. The van der Waals surface area contributed by atoms with Crippen LogP contribution < -0.4 is 5.32 Å². The van der Waals surface area contributed by atoms with Gasteiger partial charge in [0.15, 0.2) is 6.29 Å². The predicted octanol–water partition coefficient (Wildman–Crippen LogP) is 3.68. The number of benzene rings is 3. The summed E-state index contributed by atoms with van der Waals surface area (Å²) in [7, 11) is 0. The second kappa shape index (κ2) is 9.24. The van der Waals surface area contributed by atoms with E-state index in [-0.39, 0.29) is 19.0 Å². The van der Waals surface area contributed by atoms with Crippen LogP contribution in [0.4, 0.5) is 0 Å². The smallest absolute Gasteiger partial charge is 0.169 e. The molecular formula is C21H26ClNO3S. The van der Waals surface area contributed by atoms with Crippen molar-refractivity contribution >= 4 is 45.7 Å². The zero-order chi connectivity index (χ0) is 18.7. The van der Waals surface area contributed by atoms with E-state index in [0.717, 1.165) is 21.7 Å². The van der Waals surface area contributed by atoms with Crippen LogP contribution in [0.1, 0.15) is 19.4 Å². The van der Waals surface area contributed by atoms with Gasteiger partial charge in [0.25, 0.3) is 0 Å². The number of rotatable bonds is 7. The zero-order valence-electron chi connectivity index (χ0n) is 15.5. The van der Waals surface area contributed by atoms with E-state index >= 15 is 0 Å². The fraction of sp³-hybridized carbons (Fsp3) is 0.333. The van der Waals surface area contributed by atoms with E-state index < -0.39 is 11.8 Å². The highest BCUT2D eigenvalue weighted by molar-refractivity contribution is 7.99. The summed E-state index contributed by atoms with van der Waals surface area (Å²) in [6, 6.07) is 16.7. The summed E-state index contributed by atoms with van der Waals surface area (Å²) < 4.78 is 0. The van der Waals surface area contributed by atoms with Crippen LogP contribution in [0.5, 0.6) is 0 Å². The number of aliphatic hydroxyl groups excluding tert-OH is 2. The molecule has 4 N–H and O–H groups in total. The van der Waals surface area contributed by atoms with Gasteiger partial charge in [0, 0.05) is 17.2 Å². The molecule has 0 unspecified atom stereocenters. The van der Waals surface area contributed by atoms with Crippen molar-refractivity contribution in [3.05, 3.63) is 54.1 Å². The molecule has 6 heteroatoms. The van der Waals surface area contributed by atoms with Gasteiger partial charge in [0.05, 0.1) is 12.1 Å². The maximum absolute atomic E-state index is 9.52. The maximum atomic E-state index is 9.52. The lowest BCUT2D eigenvalue weighted by molar-refractivity contribution is -0.0973. The highest BCUT2D eigenvalue weighted by Crippen LogP contribution is 2.37. The molecule has 0 aromatic heterocycles. The van der Waals surface area contributed by atoms with Gasteiger partial charge in [-0.1, -0.05) is 42.5 Å². The summed E-state index contributed by atoms with van der Waals surface area (Å²) in [6.07, 6.45) is -1.44. The third-order valence-corrected chi connectivity index (χ3v) is 5.78. The number of nitrogens with one attached hydrogen (secondary N) is 1. The average Bonchev–Trinajstić information content (AvgIpc) is 2.63. The first kappa shape index (κ1) is 22.0. The molecule has 0 spiro atoms. The van der Waals surface area contributed by atoms with E-state index in [9.17, 15) is 15.3 Å². The molecule has 0 heterocycles. The Bertz CT molecular complexity index is 914. The monoisotopic (exact) mass is 407 g/mol. The van der Waals surface area contributed by atoms with Gasteiger partial charge in [-0.2, -0.15) is 0 Å². The van der Waals surface area contributed by atoms with Crippen molar-refractivity contribution in [1.29, 1.82) is 0 Å². The topological polar surface area (TPSA) is 72.7 Å². The van der Waals surface area contributed by atoms with E-state index in [0.29, 0.717) is 12.3 Å². The Morgan fingerprint density at radius 1 is 1.00 bits per heavy atom. The van der Waals surface area contributed by atoms with Crippen molar-refractivity contribution in [2.75, 3.05) is 12.4 Å². The van der Waals surface area contributed by atoms with Crippen LogP contribution in [0.2, 0.25) is 0 Å². The summed E-state index contributed by atoms with van der Waals surface area (Å²) in [5.41, 5.74) is 0.306. The van der Waals surface area contributed by atoms with Crippen molar-refractivity contribution in [3.8, 4) is 0 Å². The molecule has 146 valence electrons. The number of fused-ring (bicyclic) bond motifs is 2. The van der Waals surface area contributed by atoms with Crippen LogP contribution in [0.3, 0.4) is 0 Å². The molecule has 0 bridgehead atoms. The fourth-order valence-corrected chi connectivity index (χ4v) is 3.95. The molecular weight excluding hydrogens is 382 g/mol. The number of hydrogen-bond acceptors (Lipinski definition) is 5. The highest BCUT2D eigenvalue weighted by Gasteiger charge is 2.25. The lowest BCUT2D eigenvalue weighted by Crippen LogP contribution is -2.49. The van der Waals surface area contributed by atoms with E-state index in [4.69, 9.17) is 0 Å². The minimum Gasteiger partial charge on any atom is -0.396 e. The second-order valence-corrected chi connectivity index (χ2v) is 8.07. The first-order chi connectivity index (χ1) is 12.4. The quantitative estimate of drug-likeness (QED) is 0.273. The normalized spacial score (nSPS) is 11.9. The first-order valence-electron chi connectivity index (χ1n) is 8.72. The van der Waals surface area contributed by atoms with Gasteiger partial charge in [-0.15, -0.1) is 24.2 Å². The second-order valence-electron chi connectivity index (χ2n) is 6.96. The van der Waals surface area contributed by atoms with E-state index in [1.807, 2.05) is 18.2 Å². The molecule has 4 nitrogen and oxygen atoms in total. The van der Waals surface area contributed by atoms with Crippen LogP contribution in [0, 0.1) is 0 Å². The van der Waals surface area contributed by atoms with E-state index in [1.54, 1.807) is 25.6 Å². The van der Waals surface area contributed by atoms with Gasteiger partial charge in [-0.25, -0.2) is 0 Å². The van der Waals surface area contributed by atoms with Crippen LogP contribution in [0.25, 0.3) is 21.5 Å². The SMILES string of the molecule is CC(C)(NCc1cccc2c(SCCO)c3ccccc3cc12)C(O)O.Cl. The Kier molecular flexibility index (Phi) is 7.51. The molecule has 0 amide bonds. The first-order valence-corrected chi connectivity index (χ1v) is 9.71. The Morgan fingerprint density at radius 3 is 2.41 bits per heavy atom. The molecule has 3 aromatic rings. The van der Waals surface area contributed by atoms with E-state index in [1.165, 1.54) is 10.3 Å². The van der Waals surface area contributed by atoms with Gasteiger partial charge in [-0.3, -0.25) is 0 Å². The standard InChI is InChI=1S/C21H25NO3S.ClH/c1-21(2,20(24)25)22-13-15-7-5-9-17-18(15)12-14-6-3-4-8-16(14)19(17)26-11-10-23;/h3-9,12,20,22-25H,10-11,13H2,1-2H3;1H. The van der Waals surface area contributed by atoms with Gasteiger partial charge in [0.1, 0.15) is 0 Å². The molecule has 0 radical (unpaired) electrons. The molecule has 0 fully saturated rings. The molecule has 0 saturated carbocycles. The summed E-state index contributed by atoms with van der Waals surface area (Å²) in [6.45, 7) is 4.20. The van der Waals surface area contributed by atoms with Crippen LogP contribution in [-0.4, -0.2) is 39.5 Å². The molecule has 0 saturated heterocycles. The summed E-state index contributed by atoms with van der Waals surface area (Å²) in [5.74, 6) is 0.648. The Morgan fingerprint density at radius 2 is 1.70 bits per heavy atom. The summed E-state index contributed by atoms with van der Waals surface area (Å²) in [5, 5.41) is 36.2. The van der Waals surface area contributed by atoms with Gasteiger partial charge in [-0.05, 0) is 47.0 Å². The molecule has 0 aliphatic rings. The van der Waals surface area contributed by atoms with Gasteiger partial charge in [0.2, 0.25) is 0 Å². The molecule has 0 atom stereocenters. The molecule has 0 aliphatic heterocycles.